The van der Waals surface area contributed by atoms with Crippen LogP contribution in [-0.2, 0) is 13.0 Å². The molecule has 6 heteroatoms. The summed E-state index contributed by atoms with van der Waals surface area (Å²) in [5, 5.41) is 8.19. The highest BCUT2D eigenvalue weighted by atomic mass is 15.2. The molecule has 114 valence electrons. The van der Waals surface area contributed by atoms with E-state index in [2.05, 4.69) is 40.8 Å². The zero-order valence-electron chi connectivity index (χ0n) is 13.1. The van der Waals surface area contributed by atoms with Crippen LogP contribution in [0.2, 0.25) is 0 Å². The number of rotatable bonds is 4. The maximum Gasteiger partial charge on any atom is 0.185 e. The zero-order valence-corrected chi connectivity index (χ0v) is 13.1. The van der Waals surface area contributed by atoms with Gasteiger partial charge in [-0.25, -0.2) is 4.98 Å². The van der Waals surface area contributed by atoms with Crippen molar-refractivity contribution in [2.45, 2.75) is 33.7 Å². The highest BCUT2D eigenvalue weighted by Gasteiger charge is 2.25. The number of nitrogens with zero attached hydrogens (tertiary/aromatic N) is 4. The van der Waals surface area contributed by atoms with E-state index in [0.717, 1.165) is 56.0 Å². The normalized spacial score (nSPS) is 15.4. The Morgan fingerprint density at radius 2 is 2.00 bits per heavy atom. The predicted octanol–water partition coefficient (Wildman–Crippen LogP) is 1.76. The lowest BCUT2D eigenvalue weighted by molar-refractivity contribution is 0.269. The number of hydrogen-bond donors (Lipinski definition) is 2. The van der Waals surface area contributed by atoms with E-state index in [1.165, 1.54) is 11.1 Å². The minimum absolute atomic E-state index is 0.637. The lowest BCUT2D eigenvalue weighted by atomic mass is 9.97. The zero-order chi connectivity index (χ0) is 15.0. The van der Waals surface area contributed by atoms with E-state index in [-0.39, 0.29) is 0 Å². The van der Waals surface area contributed by atoms with E-state index in [1.54, 1.807) is 0 Å². The summed E-state index contributed by atoms with van der Waals surface area (Å²) >= 11 is 0. The Kier molecular flexibility index (Phi) is 3.71. The molecule has 1 aliphatic heterocycles. The number of hydrogen-bond acceptors (Lipinski definition) is 5. The van der Waals surface area contributed by atoms with Crippen LogP contribution in [0.25, 0.3) is 11.0 Å². The summed E-state index contributed by atoms with van der Waals surface area (Å²) in [5.74, 6) is 1.72. The molecular weight excluding hydrogens is 264 g/mol. The van der Waals surface area contributed by atoms with E-state index >= 15 is 0 Å². The first-order valence-corrected chi connectivity index (χ1v) is 7.82. The molecule has 0 fully saturated rings. The van der Waals surface area contributed by atoms with E-state index in [0.29, 0.717) is 5.82 Å². The summed E-state index contributed by atoms with van der Waals surface area (Å²) in [6.45, 7) is 11.5. The Morgan fingerprint density at radius 3 is 2.67 bits per heavy atom. The van der Waals surface area contributed by atoms with Gasteiger partial charge in [0, 0.05) is 31.7 Å². The standard InChI is InChI=1S/C15H24N6/c1-4-20-8-7-10-11(9-20)12-13(16)18-19-14(12)17-15(10)21(5-2)6-3/h4-9H2,1-3H3,(H3,16,17,18,19). The Hall–Kier alpha value is -1.82. The maximum absolute atomic E-state index is 6.09. The summed E-state index contributed by atoms with van der Waals surface area (Å²) in [4.78, 5) is 9.54. The van der Waals surface area contributed by atoms with Gasteiger partial charge in [-0.3, -0.25) is 10.00 Å². The van der Waals surface area contributed by atoms with Crippen LogP contribution in [0.1, 0.15) is 31.9 Å². The van der Waals surface area contributed by atoms with Gasteiger partial charge >= 0.3 is 0 Å². The number of pyridine rings is 1. The van der Waals surface area contributed by atoms with E-state index in [4.69, 9.17) is 10.7 Å². The molecular formula is C15H24N6. The van der Waals surface area contributed by atoms with Gasteiger partial charge in [0.2, 0.25) is 0 Å². The number of nitrogen functional groups attached to an aromatic ring is 1. The minimum Gasteiger partial charge on any atom is -0.384 e. The van der Waals surface area contributed by atoms with Crippen molar-refractivity contribution in [2.75, 3.05) is 36.8 Å². The monoisotopic (exact) mass is 288 g/mol. The molecule has 2 aromatic heterocycles. The van der Waals surface area contributed by atoms with E-state index < -0.39 is 0 Å². The van der Waals surface area contributed by atoms with Crippen LogP contribution < -0.4 is 10.6 Å². The highest BCUT2D eigenvalue weighted by molar-refractivity contribution is 5.92. The van der Waals surface area contributed by atoms with Crippen LogP contribution in [-0.4, -0.2) is 46.3 Å². The summed E-state index contributed by atoms with van der Waals surface area (Å²) in [6.07, 6.45) is 1.03. The highest BCUT2D eigenvalue weighted by Crippen LogP contribution is 2.34. The van der Waals surface area contributed by atoms with Gasteiger partial charge in [0.15, 0.2) is 5.65 Å². The molecule has 3 N–H and O–H groups in total. The molecule has 0 amide bonds. The number of likely N-dealkylation sites (N-methyl/N-ethyl adjacent to an activating group) is 1. The molecule has 0 aliphatic carbocycles. The second-order valence-corrected chi connectivity index (χ2v) is 5.52. The fraction of sp³-hybridized carbons (Fsp3) is 0.600. The van der Waals surface area contributed by atoms with Crippen molar-refractivity contribution in [1.29, 1.82) is 0 Å². The minimum atomic E-state index is 0.637. The van der Waals surface area contributed by atoms with Gasteiger partial charge in [-0.2, -0.15) is 5.10 Å². The molecule has 0 unspecified atom stereocenters. The second kappa shape index (κ2) is 5.52. The van der Waals surface area contributed by atoms with Crippen molar-refractivity contribution in [2.24, 2.45) is 0 Å². The first kappa shape index (κ1) is 14.1. The van der Waals surface area contributed by atoms with Crippen LogP contribution in [0.5, 0.6) is 0 Å². The first-order chi connectivity index (χ1) is 10.2. The average molecular weight is 288 g/mol. The van der Waals surface area contributed by atoms with Gasteiger partial charge in [-0.1, -0.05) is 6.92 Å². The molecule has 0 saturated heterocycles. The van der Waals surface area contributed by atoms with Crippen molar-refractivity contribution in [3.63, 3.8) is 0 Å². The quantitative estimate of drug-likeness (QED) is 0.897. The SMILES string of the molecule is CCN1CCc2c(N(CC)CC)nc3n[nH]c(N)c3c2C1. The van der Waals surface area contributed by atoms with Crippen LogP contribution >= 0.6 is 0 Å². The smallest absolute Gasteiger partial charge is 0.185 e. The van der Waals surface area contributed by atoms with Crippen molar-refractivity contribution in [3.05, 3.63) is 11.1 Å². The van der Waals surface area contributed by atoms with Gasteiger partial charge in [0.05, 0.1) is 5.39 Å². The Balaban J connectivity index is 2.22. The molecule has 1 aliphatic rings. The molecule has 2 aromatic rings. The van der Waals surface area contributed by atoms with Gasteiger partial charge < -0.3 is 10.6 Å². The number of aromatic nitrogens is 3. The molecule has 3 heterocycles. The predicted molar refractivity (Wildman–Crippen MR) is 86.5 cm³/mol. The number of nitrogens with two attached hydrogens (primary N) is 1. The molecule has 21 heavy (non-hydrogen) atoms. The largest absolute Gasteiger partial charge is 0.384 e. The second-order valence-electron chi connectivity index (χ2n) is 5.52. The van der Waals surface area contributed by atoms with Crippen molar-refractivity contribution < 1.29 is 0 Å². The van der Waals surface area contributed by atoms with Crippen molar-refractivity contribution in [3.8, 4) is 0 Å². The van der Waals surface area contributed by atoms with E-state index in [1.807, 2.05) is 0 Å². The fourth-order valence-electron chi connectivity index (χ4n) is 3.24. The first-order valence-electron chi connectivity index (χ1n) is 7.82. The maximum atomic E-state index is 6.09. The summed E-state index contributed by atoms with van der Waals surface area (Å²) in [7, 11) is 0. The Bertz CT molecular complexity index is 643. The molecule has 0 spiro atoms. The van der Waals surface area contributed by atoms with Crippen LogP contribution in [0, 0.1) is 0 Å². The summed E-state index contributed by atoms with van der Waals surface area (Å²) in [5.41, 5.74) is 9.49. The number of H-pyrrole nitrogens is 1. The fourth-order valence-corrected chi connectivity index (χ4v) is 3.24. The average Bonchev–Trinajstić information content (AvgIpc) is 2.89. The Labute approximate surface area is 125 Å². The molecule has 0 bridgehead atoms. The molecule has 3 rings (SSSR count). The molecule has 6 nitrogen and oxygen atoms in total. The van der Waals surface area contributed by atoms with Gasteiger partial charge in [0.1, 0.15) is 11.6 Å². The van der Waals surface area contributed by atoms with Gasteiger partial charge in [-0.05, 0) is 32.4 Å². The Morgan fingerprint density at radius 1 is 1.24 bits per heavy atom. The number of fused-ring (bicyclic) bond motifs is 3. The van der Waals surface area contributed by atoms with Crippen LogP contribution in [0.3, 0.4) is 0 Å². The third-order valence-electron chi connectivity index (χ3n) is 4.49. The lowest BCUT2D eigenvalue weighted by Crippen LogP contribution is -2.33. The van der Waals surface area contributed by atoms with Gasteiger partial charge in [0.25, 0.3) is 0 Å². The van der Waals surface area contributed by atoms with Crippen molar-refractivity contribution >= 4 is 22.7 Å². The van der Waals surface area contributed by atoms with Crippen LogP contribution in [0.15, 0.2) is 0 Å². The summed E-state index contributed by atoms with van der Waals surface area (Å²) < 4.78 is 0. The van der Waals surface area contributed by atoms with Gasteiger partial charge in [-0.15, -0.1) is 0 Å². The number of nitrogens with one attached hydrogen (secondary N) is 1. The molecule has 0 radical (unpaired) electrons. The summed E-state index contributed by atoms with van der Waals surface area (Å²) in [6, 6.07) is 0. The van der Waals surface area contributed by atoms with E-state index in [9.17, 15) is 0 Å². The molecule has 0 saturated carbocycles. The third kappa shape index (κ3) is 2.23. The molecule has 0 atom stereocenters. The molecule has 0 aromatic carbocycles. The van der Waals surface area contributed by atoms with Crippen molar-refractivity contribution in [1.82, 2.24) is 20.1 Å². The third-order valence-corrected chi connectivity index (χ3v) is 4.49. The lowest BCUT2D eigenvalue weighted by Gasteiger charge is -2.32. The number of aromatic amines is 1. The number of anilines is 2. The van der Waals surface area contributed by atoms with Crippen LogP contribution in [0.4, 0.5) is 11.6 Å². The topological polar surface area (TPSA) is 74.1 Å².